The first-order valence-corrected chi connectivity index (χ1v) is 9.03. The van der Waals surface area contributed by atoms with E-state index in [2.05, 4.69) is 26.9 Å². The van der Waals surface area contributed by atoms with Gasteiger partial charge in [-0.3, -0.25) is 9.69 Å². The van der Waals surface area contributed by atoms with Crippen LogP contribution in [0.3, 0.4) is 0 Å². The Kier molecular flexibility index (Phi) is 4.40. The second kappa shape index (κ2) is 6.84. The lowest BCUT2D eigenvalue weighted by Crippen LogP contribution is -2.54. The second-order valence-electron chi connectivity index (χ2n) is 6.76. The molecule has 0 spiro atoms. The third-order valence-electron chi connectivity index (χ3n) is 5.35. The maximum absolute atomic E-state index is 13.0. The summed E-state index contributed by atoms with van der Waals surface area (Å²) in [7, 11) is 0. The van der Waals surface area contributed by atoms with Gasteiger partial charge >= 0.3 is 0 Å². The summed E-state index contributed by atoms with van der Waals surface area (Å²) >= 11 is 0. The minimum atomic E-state index is -0.0861. The van der Waals surface area contributed by atoms with E-state index in [0.717, 1.165) is 50.6 Å². The molecule has 2 aliphatic heterocycles. The molecule has 5 nitrogen and oxygen atoms in total. The maximum atomic E-state index is 13.0. The molecule has 0 bridgehead atoms. The van der Waals surface area contributed by atoms with Gasteiger partial charge in [-0.2, -0.15) is 0 Å². The summed E-state index contributed by atoms with van der Waals surface area (Å²) < 4.78 is 0. The molecule has 1 fully saturated rings. The van der Waals surface area contributed by atoms with Gasteiger partial charge in [0.1, 0.15) is 5.82 Å². The fourth-order valence-electron chi connectivity index (χ4n) is 3.83. The fourth-order valence-corrected chi connectivity index (χ4v) is 3.83. The van der Waals surface area contributed by atoms with Gasteiger partial charge in [0.05, 0.1) is 6.04 Å². The topological polar surface area (TPSA) is 39.7 Å². The van der Waals surface area contributed by atoms with Crippen molar-refractivity contribution in [2.45, 2.75) is 19.4 Å². The number of fused-ring (bicyclic) bond motifs is 1. The summed E-state index contributed by atoms with van der Waals surface area (Å²) in [6.45, 7) is 6.44. The summed E-state index contributed by atoms with van der Waals surface area (Å²) in [4.78, 5) is 24.0. The monoisotopic (exact) mass is 336 g/mol. The van der Waals surface area contributed by atoms with Crippen LogP contribution in [0.1, 0.15) is 12.5 Å². The number of hydrogen-bond acceptors (Lipinski definition) is 4. The molecular weight excluding hydrogens is 312 g/mol. The lowest BCUT2D eigenvalue weighted by Gasteiger charge is -2.39. The maximum Gasteiger partial charge on any atom is 0.244 e. The summed E-state index contributed by atoms with van der Waals surface area (Å²) in [5, 5.41) is 0. The molecule has 0 unspecified atom stereocenters. The summed E-state index contributed by atoms with van der Waals surface area (Å²) in [5.41, 5.74) is 2.37. The van der Waals surface area contributed by atoms with Gasteiger partial charge in [-0.15, -0.1) is 0 Å². The van der Waals surface area contributed by atoms with Crippen molar-refractivity contribution in [2.75, 3.05) is 42.5 Å². The van der Waals surface area contributed by atoms with Crippen molar-refractivity contribution >= 4 is 17.4 Å². The van der Waals surface area contributed by atoms with E-state index in [1.807, 2.05) is 48.4 Å². The van der Waals surface area contributed by atoms with E-state index in [1.165, 1.54) is 5.56 Å². The van der Waals surface area contributed by atoms with E-state index in [4.69, 9.17) is 0 Å². The molecule has 25 heavy (non-hydrogen) atoms. The smallest absolute Gasteiger partial charge is 0.244 e. The number of para-hydroxylation sites is 1. The van der Waals surface area contributed by atoms with Gasteiger partial charge in [-0.05, 0) is 37.1 Å². The zero-order chi connectivity index (χ0) is 17.2. The SMILES string of the molecule is C[C@H](C(=O)N1CCc2ccccc21)N1CCN(c2ccccn2)CC1. The van der Waals surface area contributed by atoms with Crippen LogP contribution in [-0.4, -0.2) is 54.6 Å². The van der Waals surface area contributed by atoms with Crippen molar-refractivity contribution in [3.63, 3.8) is 0 Å². The molecule has 5 heteroatoms. The van der Waals surface area contributed by atoms with Crippen LogP contribution in [0.25, 0.3) is 0 Å². The fraction of sp³-hybridized carbons (Fsp3) is 0.400. The first-order chi connectivity index (χ1) is 12.2. The zero-order valence-corrected chi connectivity index (χ0v) is 14.6. The van der Waals surface area contributed by atoms with E-state index in [1.54, 1.807) is 0 Å². The Labute approximate surface area is 148 Å². The molecule has 1 amide bonds. The number of anilines is 2. The molecule has 0 N–H and O–H groups in total. The Morgan fingerprint density at radius 2 is 1.76 bits per heavy atom. The Hall–Kier alpha value is -2.40. The first kappa shape index (κ1) is 16.1. The highest BCUT2D eigenvalue weighted by molar-refractivity contribution is 5.98. The number of aromatic nitrogens is 1. The van der Waals surface area contributed by atoms with Gasteiger partial charge in [-0.1, -0.05) is 24.3 Å². The van der Waals surface area contributed by atoms with Crippen molar-refractivity contribution in [2.24, 2.45) is 0 Å². The van der Waals surface area contributed by atoms with Crippen LogP contribution in [-0.2, 0) is 11.2 Å². The van der Waals surface area contributed by atoms with Crippen LogP contribution < -0.4 is 9.80 Å². The quantitative estimate of drug-likeness (QED) is 0.861. The molecule has 2 aromatic rings. The van der Waals surface area contributed by atoms with E-state index in [9.17, 15) is 4.79 Å². The molecule has 0 aliphatic carbocycles. The number of nitrogens with zero attached hydrogens (tertiary/aromatic N) is 4. The third kappa shape index (κ3) is 3.12. The number of piperazine rings is 1. The Bertz CT molecular complexity index is 740. The number of hydrogen-bond donors (Lipinski definition) is 0. The van der Waals surface area contributed by atoms with Gasteiger partial charge in [0.15, 0.2) is 0 Å². The lowest BCUT2D eigenvalue weighted by molar-refractivity contribution is -0.123. The number of carbonyl (C=O) groups is 1. The standard InChI is InChI=1S/C20H24N4O/c1-16(20(25)24-11-9-17-6-2-3-7-18(17)24)22-12-14-23(15-13-22)19-8-4-5-10-21-19/h2-8,10,16H,9,11-15H2,1H3/t16-/m1/s1. The summed E-state index contributed by atoms with van der Waals surface area (Å²) in [5.74, 6) is 1.24. The summed E-state index contributed by atoms with van der Waals surface area (Å²) in [6.07, 6.45) is 2.79. The van der Waals surface area contributed by atoms with Gasteiger partial charge in [0, 0.05) is 44.6 Å². The average Bonchev–Trinajstić information content (AvgIpc) is 3.12. The van der Waals surface area contributed by atoms with E-state index in [-0.39, 0.29) is 11.9 Å². The number of carbonyl (C=O) groups excluding carboxylic acids is 1. The van der Waals surface area contributed by atoms with Crippen molar-refractivity contribution in [3.8, 4) is 0 Å². The van der Waals surface area contributed by atoms with Crippen LogP contribution in [0.5, 0.6) is 0 Å². The lowest BCUT2D eigenvalue weighted by atomic mass is 10.1. The van der Waals surface area contributed by atoms with Crippen molar-refractivity contribution in [3.05, 3.63) is 54.2 Å². The highest BCUT2D eigenvalue weighted by Crippen LogP contribution is 2.28. The van der Waals surface area contributed by atoms with Crippen molar-refractivity contribution in [1.29, 1.82) is 0 Å². The third-order valence-corrected chi connectivity index (χ3v) is 5.35. The largest absolute Gasteiger partial charge is 0.354 e. The van der Waals surface area contributed by atoms with Gasteiger partial charge < -0.3 is 9.80 Å². The highest BCUT2D eigenvalue weighted by Gasteiger charge is 2.32. The van der Waals surface area contributed by atoms with Crippen molar-refractivity contribution < 1.29 is 4.79 Å². The molecule has 130 valence electrons. The van der Waals surface area contributed by atoms with Crippen LogP contribution >= 0.6 is 0 Å². The molecule has 1 aromatic carbocycles. The Morgan fingerprint density at radius 1 is 1.00 bits per heavy atom. The predicted octanol–water partition coefficient (Wildman–Crippen LogP) is 2.18. The number of amides is 1. The Balaban J connectivity index is 1.39. The number of benzene rings is 1. The normalized spacial score (nSPS) is 18.9. The molecule has 4 rings (SSSR count). The molecule has 3 heterocycles. The van der Waals surface area contributed by atoms with E-state index in [0.29, 0.717) is 0 Å². The average molecular weight is 336 g/mol. The summed E-state index contributed by atoms with van der Waals surface area (Å²) in [6, 6.07) is 14.2. The minimum Gasteiger partial charge on any atom is -0.354 e. The van der Waals surface area contributed by atoms with Gasteiger partial charge in [0.25, 0.3) is 0 Å². The molecule has 1 aromatic heterocycles. The van der Waals surface area contributed by atoms with Crippen LogP contribution in [0.15, 0.2) is 48.7 Å². The molecule has 0 saturated carbocycles. The molecule has 2 aliphatic rings. The van der Waals surface area contributed by atoms with Crippen molar-refractivity contribution in [1.82, 2.24) is 9.88 Å². The number of pyridine rings is 1. The zero-order valence-electron chi connectivity index (χ0n) is 14.6. The van der Waals surface area contributed by atoms with Gasteiger partial charge in [-0.25, -0.2) is 4.98 Å². The minimum absolute atomic E-state index is 0.0861. The van der Waals surface area contributed by atoms with Crippen LogP contribution in [0, 0.1) is 0 Å². The predicted molar refractivity (Wildman–Crippen MR) is 100.0 cm³/mol. The van der Waals surface area contributed by atoms with E-state index < -0.39 is 0 Å². The first-order valence-electron chi connectivity index (χ1n) is 9.03. The Morgan fingerprint density at radius 3 is 2.52 bits per heavy atom. The van der Waals surface area contributed by atoms with Gasteiger partial charge in [0.2, 0.25) is 5.91 Å². The molecule has 1 saturated heterocycles. The highest BCUT2D eigenvalue weighted by atomic mass is 16.2. The molecule has 1 atom stereocenters. The molecular formula is C20H24N4O. The molecule has 0 radical (unpaired) electrons. The second-order valence-corrected chi connectivity index (χ2v) is 6.76. The van der Waals surface area contributed by atoms with Crippen LogP contribution in [0.4, 0.5) is 11.5 Å². The van der Waals surface area contributed by atoms with E-state index >= 15 is 0 Å². The van der Waals surface area contributed by atoms with Crippen LogP contribution in [0.2, 0.25) is 0 Å². The number of rotatable bonds is 3.